The Morgan fingerprint density at radius 3 is 2.90 bits per heavy atom. The highest BCUT2D eigenvalue weighted by molar-refractivity contribution is 9.10. The lowest BCUT2D eigenvalue weighted by atomic mass is 9.88. The smallest absolute Gasteiger partial charge is 0.0992 e. The molecule has 2 aromatic rings. The lowest BCUT2D eigenvalue weighted by Gasteiger charge is -2.26. The summed E-state index contributed by atoms with van der Waals surface area (Å²) in [5, 5.41) is 12.5. The summed E-state index contributed by atoms with van der Waals surface area (Å²) in [6.45, 7) is 0. The molecule has 2 nitrogen and oxygen atoms in total. The van der Waals surface area contributed by atoms with Crippen molar-refractivity contribution >= 4 is 21.6 Å². The molecule has 1 aliphatic rings. The van der Waals surface area contributed by atoms with E-state index < -0.39 is 0 Å². The van der Waals surface area contributed by atoms with E-state index in [-0.39, 0.29) is 0 Å². The molecule has 20 heavy (non-hydrogen) atoms. The number of rotatable bonds is 2. The summed E-state index contributed by atoms with van der Waals surface area (Å²) in [7, 11) is 0. The molecule has 0 aromatic heterocycles. The van der Waals surface area contributed by atoms with Gasteiger partial charge in [-0.05, 0) is 60.7 Å². The second-order valence-electron chi connectivity index (χ2n) is 5.19. The van der Waals surface area contributed by atoms with E-state index in [1.54, 1.807) is 0 Å². The number of hydrogen-bond donors (Lipinski definition) is 1. The Morgan fingerprint density at radius 2 is 2.05 bits per heavy atom. The Labute approximate surface area is 127 Å². The van der Waals surface area contributed by atoms with E-state index in [2.05, 4.69) is 45.5 Å². The van der Waals surface area contributed by atoms with E-state index in [0.29, 0.717) is 11.6 Å². The molecule has 0 aliphatic heterocycles. The van der Waals surface area contributed by atoms with Crippen LogP contribution in [0.2, 0.25) is 0 Å². The first kappa shape index (κ1) is 13.2. The van der Waals surface area contributed by atoms with Gasteiger partial charge in [0.15, 0.2) is 0 Å². The highest BCUT2D eigenvalue weighted by Crippen LogP contribution is 2.26. The first-order valence-corrected chi connectivity index (χ1v) is 7.58. The van der Waals surface area contributed by atoms with E-state index in [9.17, 15) is 0 Å². The van der Waals surface area contributed by atoms with E-state index in [4.69, 9.17) is 5.26 Å². The second-order valence-corrected chi connectivity index (χ2v) is 6.11. The number of nitrogens with one attached hydrogen (secondary N) is 1. The van der Waals surface area contributed by atoms with Crippen molar-refractivity contribution in [3.63, 3.8) is 0 Å². The van der Waals surface area contributed by atoms with Crippen LogP contribution >= 0.6 is 15.9 Å². The monoisotopic (exact) mass is 326 g/mol. The summed E-state index contributed by atoms with van der Waals surface area (Å²) in [6, 6.07) is 16.9. The SMILES string of the molecule is N#Cc1cccc(NC2CCc3cc(Br)ccc3C2)c1. The van der Waals surface area contributed by atoms with Crippen LogP contribution in [-0.4, -0.2) is 6.04 Å². The maximum atomic E-state index is 8.94. The molecular weight excluding hydrogens is 312 g/mol. The van der Waals surface area contributed by atoms with Gasteiger partial charge in [0.05, 0.1) is 11.6 Å². The lowest BCUT2D eigenvalue weighted by Crippen LogP contribution is -2.27. The van der Waals surface area contributed by atoms with Crippen LogP contribution in [0, 0.1) is 11.3 Å². The maximum absolute atomic E-state index is 8.94. The highest BCUT2D eigenvalue weighted by atomic mass is 79.9. The highest BCUT2D eigenvalue weighted by Gasteiger charge is 2.18. The van der Waals surface area contributed by atoms with Crippen LogP contribution in [0.4, 0.5) is 5.69 Å². The minimum Gasteiger partial charge on any atom is -0.382 e. The van der Waals surface area contributed by atoms with Crippen molar-refractivity contribution in [3.05, 3.63) is 63.6 Å². The zero-order chi connectivity index (χ0) is 13.9. The van der Waals surface area contributed by atoms with Crippen molar-refractivity contribution < 1.29 is 0 Å². The molecule has 3 heteroatoms. The summed E-state index contributed by atoms with van der Waals surface area (Å²) in [5.41, 5.74) is 4.61. The van der Waals surface area contributed by atoms with Crippen molar-refractivity contribution in [1.29, 1.82) is 5.26 Å². The lowest BCUT2D eigenvalue weighted by molar-refractivity contribution is 0.610. The summed E-state index contributed by atoms with van der Waals surface area (Å²) >= 11 is 3.53. The van der Waals surface area contributed by atoms with Gasteiger partial charge in [-0.25, -0.2) is 0 Å². The molecule has 2 aromatic carbocycles. The van der Waals surface area contributed by atoms with Crippen LogP contribution in [0.15, 0.2) is 46.9 Å². The number of anilines is 1. The van der Waals surface area contributed by atoms with Crippen LogP contribution in [-0.2, 0) is 12.8 Å². The molecule has 3 rings (SSSR count). The number of halogens is 1. The second kappa shape index (κ2) is 5.68. The summed E-state index contributed by atoms with van der Waals surface area (Å²) in [4.78, 5) is 0. The van der Waals surface area contributed by atoms with Gasteiger partial charge in [-0.2, -0.15) is 5.26 Å². The van der Waals surface area contributed by atoms with E-state index in [1.807, 2.05) is 24.3 Å². The first-order chi connectivity index (χ1) is 9.74. The molecule has 1 unspecified atom stereocenters. The third kappa shape index (κ3) is 2.86. The molecule has 0 saturated heterocycles. The quantitative estimate of drug-likeness (QED) is 0.893. The molecule has 0 amide bonds. The van der Waals surface area contributed by atoms with Crippen molar-refractivity contribution in [3.8, 4) is 6.07 Å². The molecule has 0 fully saturated rings. The average molecular weight is 327 g/mol. The zero-order valence-electron chi connectivity index (χ0n) is 11.1. The fourth-order valence-corrected chi connectivity index (χ4v) is 3.17. The fourth-order valence-electron chi connectivity index (χ4n) is 2.76. The minimum atomic E-state index is 0.442. The van der Waals surface area contributed by atoms with Gasteiger partial charge in [-0.1, -0.05) is 28.1 Å². The van der Waals surface area contributed by atoms with E-state index in [1.165, 1.54) is 11.1 Å². The Hall–Kier alpha value is -1.79. The molecular formula is C17H15BrN2. The van der Waals surface area contributed by atoms with Gasteiger partial charge in [0.1, 0.15) is 0 Å². The van der Waals surface area contributed by atoms with Gasteiger partial charge >= 0.3 is 0 Å². The van der Waals surface area contributed by atoms with Crippen molar-refractivity contribution in [2.24, 2.45) is 0 Å². The van der Waals surface area contributed by atoms with E-state index >= 15 is 0 Å². The zero-order valence-corrected chi connectivity index (χ0v) is 12.7. The molecule has 0 spiro atoms. The normalized spacial score (nSPS) is 17.1. The summed E-state index contributed by atoms with van der Waals surface area (Å²) in [5.74, 6) is 0. The van der Waals surface area contributed by atoms with Gasteiger partial charge in [-0.15, -0.1) is 0 Å². The average Bonchev–Trinajstić information content (AvgIpc) is 2.47. The van der Waals surface area contributed by atoms with Gasteiger partial charge in [-0.3, -0.25) is 0 Å². The summed E-state index contributed by atoms with van der Waals surface area (Å²) in [6.07, 6.45) is 3.27. The third-order valence-electron chi connectivity index (χ3n) is 3.76. The Balaban J connectivity index is 1.74. The van der Waals surface area contributed by atoms with Crippen molar-refractivity contribution in [2.45, 2.75) is 25.3 Å². The van der Waals surface area contributed by atoms with Crippen LogP contribution in [0.1, 0.15) is 23.1 Å². The van der Waals surface area contributed by atoms with Crippen LogP contribution in [0.25, 0.3) is 0 Å². The van der Waals surface area contributed by atoms with Gasteiger partial charge < -0.3 is 5.32 Å². The topological polar surface area (TPSA) is 35.8 Å². The van der Waals surface area contributed by atoms with Crippen molar-refractivity contribution in [1.82, 2.24) is 0 Å². The van der Waals surface area contributed by atoms with Crippen molar-refractivity contribution in [2.75, 3.05) is 5.32 Å². The molecule has 1 aliphatic carbocycles. The van der Waals surface area contributed by atoms with Crippen LogP contribution in [0.3, 0.4) is 0 Å². The van der Waals surface area contributed by atoms with Gasteiger partial charge in [0, 0.05) is 16.2 Å². The predicted octanol–water partition coefficient (Wildman–Crippen LogP) is 4.29. The molecule has 100 valence electrons. The minimum absolute atomic E-state index is 0.442. The summed E-state index contributed by atoms with van der Waals surface area (Å²) < 4.78 is 1.16. The number of benzene rings is 2. The number of nitrogens with zero attached hydrogens (tertiary/aromatic N) is 1. The Morgan fingerprint density at radius 1 is 1.15 bits per heavy atom. The number of nitriles is 1. The maximum Gasteiger partial charge on any atom is 0.0992 e. The molecule has 0 bridgehead atoms. The Kier molecular flexibility index (Phi) is 3.75. The molecule has 0 heterocycles. The molecule has 1 atom stereocenters. The van der Waals surface area contributed by atoms with E-state index in [0.717, 1.165) is 29.4 Å². The van der Waals surface area contributed by atoms with Crippen LogP contribution < -0.4 is 5.32 Å². The standard InChI is InChI=1S/C17H15BrN2/c18-15-6-4-14-10-17(7-5-13(14)9-15)20-16-3-1-2-12(8-16)11-19/h1-4,6,8-9,17,20H,5,7,10H2. The largest absolute Gasteiger partial charge is 0.382 e. The number of aryl methyl sites for hydroxylation is 1. The first-order valence-electron chi connectivity index (χ1n) is 6.78. The third-order valence-corrected chi connectivity index (χ3v) is 4.25. The van der Waals surface area contributed by atoms with Crippen LogP contribution in [0.5, 0.6) is 0 Å². The van der Waals surface area contributed by atoms with Gasteiger partial charge in [0.2, 0.25) is 0 Å². The Bertz CT molecular complexity index is 673. The molecule has 0 saturated carbocycles. The fraction of sp³-hybridized carbons (Fsp3) is 0.235. The molecule has 1 N–H and O–H groups in total. The molecule has 0 radical (unpaired) electrons. The van der Waals surface area contributed by atoms with Gasteiger partial charge in [0.25, 0.3) is 0 Å². The number of fused-ring (bicyclic) bond motifs is 1. The predicted molar refractivity (Wildman–Crippen MR) is 84.7 cm³/mol. The number of hydrogen-bond acceptors (Lipinski definition) is 2.